The molecule has 0 bridgehead atoms. The van der Waals surface area contributed by atoms with Gasteiger partial charge in [0.15, 0.2) is 5.82 Å². The first-order valence-electron chi connectivity index (χ1n) is 5.52. The largest absolute Gasteiger partial charge is 0.397 e. The van der Waals surface area contributed by atoms with E-state index >= 15 is 0 Å². The molecule has 2 nitrogen and oxygen atoms in total. The molecule has 4 heteroatoms. The molecule has 1 heterocycles. The first-order valence-corrected chi connectivity index (χ1v) is 5.52. The lowest BCUT2D eigenvalue weighted by Gasteiger charge is -2.16. The number of halogens is 2. The lowest BCUT2D eigenvalue weighted by Crippen LogP contribution is -2.07. The average Bonchev–Trinajstić information content (AvgIpc) is 2.22. The molecule has 0 unspecified atom stereocenters. The third kappa shape index (κ3) is 2.52. The van der Waals surface area contributed by atoms with Crippen LogP contribution in [0.2, 0.25) is 0 Å². The van der Waals surface area contributed by atoms with Crippen molar-refractivity contribution in [2.75, 3.05) is 0 Å². The zero-order valence-corrected chi connectivity index (χ0v) is 9.63. The number of allylic oxidation sites excluding steroid dienone is 3. The van der Waals surface area contributed by atoms with Gasteiger partial charge in [-0.3, -0.25) is 0 Å². The Morgan fingerprint density at radius 2 is 2.18 bits per heavy atom. The molecule has 0 amide bonds. The van der Waals surface area contributed by atoms with Gasteiger partial charge in [0.2, 0.25) is 0 Å². The van der Waals surface area contributed by atoms with Crippen LogP contribution in [0.5, 0.6) is 0 Å². The summed E-state index contributed by atoms with van der Waals surface area (Å²) in [5.74, 6) is -1.41. The van der Waals surface area contributed by atoms with Crippen molar-refractivity contribution in [2.45, 2.75) is 26.2 Å². The van der Waals surface area contributed by atoms with Gasteiger partial charge in [0, 0.05) is 6.07 Å². The van der Waals surface area contributed by atoms with Crippen LogP contribution in [0, 0.1) is 11.6 Å². The van der Waals surface area contributed by atoms with Crippen molar-refractivity contribution < 1.29 is 8.78 Å². The number of hydrogen-bond donors (Lipinski definition) is 1. The normalized spacial score (nSPS) is 16.1. The summed E-state index contributed by atoms with van der Waals surface area (Å²) in [5, 5.41) is 0. The van der Waals surface area contributed by atoms with Crippen molar-refractivity contribution in [3.05, 3.63) is 46.8 Å². The SMILES string of the molecule is C/C(CC1=CCC1)=C(\N)c1ncc(F)cc1F. The predicted molar refractivity (Wildman–Crippen MR) is 62.9 cm³/mol. The van der Waals surface area contributed by atoms with E-state index in [9.17, 15) is 8.78 Å². The Labute approximate surface area is 98.9 Å². The first kappa shape index (κ1) is 11.8. The lowest BCUT2D eigenvalue weighted by molar-refractivity contribution is 0.569. The molecule has 0 aromatic carbocycles. The van der Waals surface area contributed by atoms with Gasteiger partial charge in [-0.05, 0) is 31.8 Å². The summed E-state index contributed by atoms with van der Waals surface area (Å²) in [6, 6.07) is 0.797. The van der Waals surface area contributed by atoms with E-state index in [4.69, 9.17) is 5.73 Å². The van der Waals surface area contributed by atoms with Gasteiger partial charge in [0.25, 0.3) is 0 Å². The van der Waals surface area contributed by atoms with Gasteiger partial charge in [-0.25, -0.2) is 13.8 Å². The van der Waals surface area contributed by atoms with Crippen molar-refractivity contribution >= 4 is 5.70 Å². The molecule has 0 fully saturated rings. The van der Waals surface area contributed by atoms with Crippen molar-refractivity contribution in [1.82, 2.24) is 4.98 Å². The minimum atomic E-state index is -0.718. The monoisotopic (exact) mass is 236 g/mol. The van der Waals surface area contributed by atoms with Crippen LogP contribution in [-0.2, 0) is 0 Å². The van der Waals surface area contributed by atoms with Gasteiger partial charge in [-0.15, -0.1) is 0 Å². The van der Waals surface area contributed by atoms with E-state index in [1.807, 2.05) is 6.92 Å². The minimum Gasteiger partial charge on any atom is -0.397 e. The fraction of sp³-hybridized carbons (Fsp3) is 0.308. The third-order valence-electron chi connectivity index (χ3n) is 2.91. The summed E-state index contributed by atoms with van der Waals surface area (Å²) in [4.78, 5) is 3.70. The second-order valence-corrected chi connectivity index (χ2v) is 4.26. The molecule has 0 radical (unpaired) electrons. The molecule has 1 aliphatic carbocycles. The lowest BCUT2D eigenvalue weighted by atomic mass is 9.92. The molecule has 0 aliphatic heterocycles. The number of pyridine rings is 1. The average molecular weight is 236 g/mol. The van der Waals surface area contributed by atoms with E-state index in [1.54, 1.807) is 0 Å². The van der Waals surface area contributed by atoms with Gasteiger partial charge in [0.1, 0.15) is 11.5 Å². The highest BCUT2D eigenvalue weighted by atomic mass is 19.1. The smallest absolute Gasteiger partial charge is 0.153 e. The molecule has 1 aromatic rings. The Balaban J connectivity index is 2.27. The van der Waals surface area contributed by atoms with Gasteiger partial charge in [-0.1, -0.05) is 11.6 Å². The Bertz CT molecular complexity index is 504. The molecule has 0 spiro atoms. The van der Waals surface area contributed by atoms with Crippen LogP contribution in [0.3, 0.4) is 0 Å². The minimum absolute atomic E-state index is 0.0313. The van der Waals surface area contributed by atoms with E-state index < -0.39 is 11.6 Å². The Morgan fingerprint density at radius 3 is 2.71 bits per heavy atom. The van der Waals surface area contributed by atoms with E-state index in [0.717, 1.165) is 37.1 Å². The highest BCUT2D eigenvalue weighted by Crippen LogP contribution is 2.27. The Kier molecular flexibility index (Phi) is 3.22. The molecule has 2 rings (SSSR count). The zero-order chi connectivity index (χ0) is 12.4. The second-order valence-electron chi connectivity index (χ2n) is 4.26. The van der Waals surface area contributed by atoms with Crippen molar-refractivity contribution in [1.29, 1.82) is 0 Å². The first-order chi connectivity index (χ1) is 8.08. The van der Waals surface area contributed by atoms with E-state index in [1.165, 1.54) is 5.57 Å². The summed E-state index contributed by atoms with van der Waals surface area (Å²) in [5.41, 5.74) is 8.36. The molecule has 2 N–H and O–H groups in total. The molecule has 0 saturated heterocycles. The van der Waals surface area contributed by atoms with E-state index in [2.05, 4.69) is 11.1 Å². The van der Waals surface area contributed by atoms with Crippen LogP contribution < -0.4 is 5.73 Å². The quantitative estimate of drug-likeness (QED) is 0.819. The molecule has 90 valence electrons. The summed E-state index contributed by atoms with van der Waals surface area (Å²) in [7, 11) is 0. The third-order valence-corrected chi connectivity index (χ3v) is 2.91. The fourth-order valence-corrected chi connectivity index (χ4v) is 1.76. The van der Waals surface area contributed by atoms with Gasteiger partial charge < -0.3 is 5.73 Å². The molecule has 1 aliphatic rings. The van der Waals surface area contributed by atoms with Crippen molar-refractivity contribution in [3.8, 4) is 0 Å². The summed E-state index contributed by atoms with van der Waals surface area (Å²) >= 11 is 0. The maximum atomic E-state index is 13.5. The molecule has 0 saturated carbocycles. The topological polar surface area (TPSA) is 38.9 Å². The van der Waals surface area contributed by atoms with Crippen LogP contribution in [0.1, 0.15) is 31.9 Å². The molecule has 17 heavy (non-hydrogen) atoms. The van der Waals surface area contributed by atoms with Crippen molar-refractivity contribution in [3.63, 3.8) is 0 Å². The van der Waals surface area contributed by atoms with Gasteiger partial charge in [-0.2, -0.15) is 0 Å². The van der Waals surface area contributed by atoms with E-state index in [0.29, 0.717) is 5.70 Å². The van der Waals surface area contributed by atoms with Crippen LogP contribution in [0.15, 0.2) is 29.5 Å². The number of aromatic nitrogens is 1. The van der Waals surface area contributed by atoms with Crippen LogP contribution in [0.4, 0.5) is 8.78 Å². The summed E-state index contributed by atoms with van der Waals surface area (Å²) < 4.78 is 26.2. The van der Waals surface area contributed by atoms with Gasteiger partial charge >= 0.3 is 0 Å². The fourth-order valence-electron chi connectivity index (χ4n) is 1.76. The molecule has 0 atom stereocenters. The summed E-state index contributed by atoms with van der Waals surface area (Å²) in [6.45, 7) is 1.85. The maximum Gasteiger partial charge on any atom is 0.153 e. The Hall–Kier alpha value is -1.71. The molecule has 1 aromatic heterocycles. The number of nitrogens with zero attached hydrogens (tertiary/aromatic N) is 1. The summed E-state index contributed by atoms with van der Waals surface area (Å²) in [6.07, 6.45) is 6.03. The highest BCUT2D eigenvalue weighted by molar-refractivity contribution is 5.63. The van der Waals surface area contributed by atoms with Crippen molar-refractivity contribution in [2.24, 2.45) is 5.73 Å². The van der Waals surface area contributed by atoms with Crippen LogP contribution in [-0.4, -0.2) is 4.98 Å². The predicted octanol–water partition coefficient (Wildman–Crippen LogP) is 3.16. The zero-order valence-electron chi connectivity index (χ0n) is 9.63. The number of nitrogens with two attached hydrogens (primary N) is 1. The standard InChI is InChI=1S/C13H14F2N2/c1-8(5-9-3-2-4-9)12(16)13-11(15)6-10(14)7-17-13/h3,6-7H,2,4-5,16H2,1H3/b12-8+. The van der Waals surface area contributed by atoms with E-state index in [-0.39, 0.29) is 5.69 Å². The van der Waals surface area contributed by atoms with Crippen LogP contribution >= 0.6 is 0 Å². The van der Waals surface area contributed by atoms with Crippen LogP contribution in [0.25, 0.3) is 5.70 Å². The number of rotatable bonds is 3. The highest BCUT2D eigenvalue weighted by Gasteiger charge is 2.13. The molecular formula is C13H14F2N2. The Morgan fingerprint density at radius 1 is 1.47 bits per heavy atom. The van der Waals surface area contributed by atoms with Gasteiger partial charge in [0.05, 0.1) is 11.9 Å². The molecular weight excluding hydrogens is 222 g/mol. The maximum absolute atomic E-state index is 13.5. The number of hydrogen-bond acceptors (Lipinski definition) is 2. The second kappa shape index (κ2) is 4.65.